The largest absolute Gasteiger partial charge is 0.468 e. The molecule has 0 bridgehead atoms. The fourth-order valence-electron chi connectivity index (χ4n) is 2.30. The molecule has 0 aliphatic rings. The van der Waals surface area contributed by atoms with E-state index in [-0.39, 0.29) is 17.4 Å². The van der Waals surface area contributed by atoms with Gasteiger partial charge in [0.1, 0.15) is 0 Å². The van der Waals surface area contributed by atoms with Crippen molar-refractivity contribution in [3.63, 3.8) is 0 Å². The van der Waals surface area contributed by atoms with E-state index in [0.29, 0.717) is 6.54 Å². The third-order valence-corrected chi connectivity index (χ3v) is 3.82. The molecule has 2 aromatic rings. The van der Waals surface area contributed by atoms with E-state index in [9.17, 15) is 18.0 Å². The Balaban J connectivity index is 1.89. The second kappa shape index (κ2) is 9.36. The zero-order chi connectivity index (χ0) is 19.9. The number of alkyl halides is 3. The topological polar surface area (TPSA) is 54.5 Å². The summed E-state index contributed by atoms with van der Waals surface area (Å²) < 4.78 is 40.8. The number of benzene rings is 1. The van der Waals surface area contributed by atoms with Crippen molar-refractivity contribution in [3.8, 4) is 5.88 Å². The smallest absolute Gasteiger partial charge is 0.422 e. The molecule has 0 spiro atoms. The fraction of sp³-hybridized carbons (Fsp3) is 0.368. The van der Waals surface area contributed by atoms with Crippen LogP contribution in [0.15, 0.2) is 42.6 Å². The van der Waals surface area contributed by atoms with E-state index >= 15 is 0 Å². The number of ether oxygens (including phenoxy) is 1. The van der Waals surface area contributed by atoms with Gasteiger partial charge in [-0.1, -0.05) is 31.2 Å². The lowest BCUT2D eigenvalue weighted by Gasteiger charge is -2.14. The maximum absolute atomic E-state index is 12.2. The number of pyridine rings is 1. The van der Waals surface area contributed by atoms with Gasteiger partial charge in [-0.2, -0.15) is 13.2 Å². The molecule has 0 aliphatic carbocycles. The minimum atomic E-state index is -4.43. The van der Waals surface area contributed by atoms with Crippen molar-refractivity contribution in [2.75, 3.05) is 20.2 Å². The molecular weight excluding hydrogens is 359 g/mol. The van der Waals surface area contributed by atoms with Gasteiger partial charge in [-0.15, -0.1) is 0 Å². The van der Waals surface area contributed by atoms with E-state index in [0.717, 1.165) is 24.2 Å². The number of hydrogen-bond acceptors (Lipinski definition) is 4. The van der Waals surface area contributed by atoms with Crippen molar-refractivity contribution >= 4 is 5.91 Å². The summed E-state index contributed by atoms with van der Waals surface area (Å²) in [6.07, 6.45) is -3.24. The average Bonchev–Trinajstić information content (AvgIpc) is 2.64. The van der Waals surface area contributed by atoms with Crippen molar-refractivity contribution in [3.05, 3.63) is 59.3 Å². The number of aromatic nitrogens is 1. The predicted octanol–water partition coefficient (Wildman–Crippen LogP) is 3.40. The van der Waals surface area contributed by atoms with Gasteiger partial charge in [0.05, 0.1) is 5.56 Å². The van der Waals surface area contributed by atoms with Crippen LogP contribution in [0, 0.1) is 0 Å². The first-order valence-electron chi connectivity index (χ1n) is 8.47. The molecule has 1 amide bonds. The van der Waals surface area contributed by atoms with Gasteiger partial charge in [0.2, 0.25) is 5.88 Å². The molecule has 2 rings (SSSR count). The van der Waals surface area contributed by atoms with Gasteiger partial charge in [-0.3, -0.25) is 4.79 Å². The van der Waals surface area contributed by atoms with Crippen molar-refractivity contribution in [2.24, 2.45) is 0 Å². The molecule has 0 unspecified atom stereocenters. The summed E-state index contributed by atoms with van der Waals surface area (Å²) in [7, 11) is 2.03. The second-order valence-electron chi connectivity index (χ2n) is 6.12. The van der Waals surface area contributed by atoms with Gasteiger partial charge in [-0.05, 0) is 30.8 Å². The molecule has 0 fully saturated rings. The Morgan fingerprint density at radius 2 is 1.96 bits per heavy atom. The molecule has 0 saturated heterocycles. The van der Waals surface area contributed by atoms with Crippen LogP contribution in [0.2, 0.25) is 0 Å². The molecule has 1 heterocycles. The van der Waals surface area contributed by atoms with E-state index in [2.05, 4.69) is 26.9 Å². The van der Waals surface area contributed by atoms with Crippen LogP contribution in [0.5, 0.6) is 5.88 Å². The minimum Gasteiger partial charge on any atom is -0.468 e. The van der Waals surface area contributed by atoms with Gasteiger partial charge in [0.15, 0.2) is 6.61 Å². The highest BCUT2D eigenvalue weighted by Gasteiger charge is 2.28. The molecule has 1 aromatic heterocycles. The Morgan fingerprint density at radius 1 is 1.22 bits per heavy atom. The predicted molar refractivity (Wildman–Crippen MR) is 95.4 cm³/mol. The molecule has 1 N–H and O–H groups in total. The summed E-state index contributed by atoms with van der Waals surface area (Å²) in [5.74, 6) is -0.544. The maximum atomic E-state index is 12.2. The van der Waals surface area contributed by atoms with Gasteiger partial charge in [-0.25, -0.2) is 4.98 Å². The molecule has 5 nitrogen and oxygen atoms in total. The van der Waals surface area contributed by atoms with E-state index in [1.54, 1.807) is 0 Å². The van der Waals surface area contributed by atoms with Crippen LogP contribution in [-0.2, 0) is 13.1 Å². The Labute approximate surface area is 156 Å². The minimum absolute atomic E-state index is 0.184. The fourth-order valence-corrected chi connectivity index (χ4v) is 2.30. The number of amides is 1. The SMILES string of the molecule is CCN(C)Cc1cccc(CNC(=O)c2ccc(OCC(F)(F)F)nc2)c1. The lowest BCUT2D eigenvalue weighted by atomic mass is 10.1. The van der Waals surface area contributed by atoms with Gasteiger partial charge in [0, 0.05) is 25.4 Å². The summed E-state index contributed by atoms with van der Waals surface area (Å²) in [6, 6.07) is 10.5. The van der Waals surface area contributed by atoms with Crippen LogP contribution in [-0.4, -0.2) is 42.2 Å². The molecule has 0 atom stereocenters. The Bertz CT molecular complexity index is 749. The van der Waals surface area contributed by atoms with Crippen LogP contribution in [0.3, 0.4) is 0 Å². The number of rotatable bonds is 8. The van der Waals surface area contributed by atoms with Crippen molar-refractivity contribution < 1.29 is 22.7 Å². The van der Waals surface area contributed by atoms with Crippen LogP contribution >= 0.6 is 0 Å². The summed E-state index contributed by atoms with van der Waals surface area (Å²) in [5, 5.41) is 2.77. The molecule has 8 heteroatoms. The van der Waals surface area contributed by atoms with E-state index in [1.165, 1.54) is 18.3 Å². The molecule has 1 aromatic carbocycles. The number of nitrogens with one attached hydrogen (secondary N) is 1. The Morgan fingerprint density at radius 3 is 2.59 bits per heavy atom. The van der Waals surface area contributed by atoms with Crippen LogP contribution in [0.25, 0.3) is 0 Å². The number of nitrogens with zero attached hydrogens (tertiary/aromatic N) is 2. The lowest BCUT2D eigenvalue weighted by Crippen LogP contribution is -2.23. The van der Waals surface area contributed by atoms with Gasteiger partial charge >= 0.3 is 6.18 Å². The zero-order valence-electron chi connectivity index (χ0n) is 15.2. The van der Waals surface area contributed by atoms with E-state index < -0.39 is 12.8 Å². The van der Waals surface area contributed by atoms with Crippen LogP contribution in [0.4, 0.5) is 13.2 Å². The van der Waals surface area contributed by atoms with E-state index in [1.807, 2.05) is 31.3 Å². The van der Waals surface area contributed by atoms with Crippen LogP contribution in [0.1, 0.15) is 28.4 Å². The highest BCUT2D eigenvalue weighted by atomic mass is 19.4. The Hall–Kier alpha value is -2.61. The van der Waals surface area contributed by atoms with Gasteiger partial charge < -0.3 is 15.0 Å². The standard InChI is InChI=1S/C19H22F3N3O2/c1-3-25(2)12-15-6-4-5-14(9-15)10-24-18(26)16-7-8-17(23-11-16)27-13-19(20,21)22/h4-9,11H,3,10,12-13H2,1-2H3,(H,24,26). The third kappa shape index (κ3) is 7.26. The molecule has 146 valence electrons. The Kier molecular flexibility index (Phi) is 7.18. The molecule has 0 radical (unpaired) electrons. The van der Waals surface area contributed by atoms with Crippen molar-refractivity contribution in [1.82, 2.24) is 15.2 Å². The summed E-state index contributed by atoms with van der Waals surface area (Å²) in [5.41, 5.74) is 2.36. The van der Waals surface area contributed by atoms with Crippen LogP contribution < -0.4 is 10.1 Å². The first kappa shape index (κ1) is 20.7. The first-order valence-corrected chi connectivity index (χ1v) is 8.47. The average molecular weight is 381 g/mol. The first-order chi connectivity index (χ1) is 12.8. The third-order valence-electron chi connectivity index (χ3n) is 3.82. The molecular formula is C19H22F3N3O2. The van der Waals surface area contributed by atoms with Gasteiger partial charge in [0.25, 0.3) is 5.91 Å². The monoisotopic (exact) mass is 381 g/mol. The normalized spacial score (nSPS) is 11.5. The van der Waals surface area contributed by atoms with E-state index in [4.69, 9.17) is 0 Å². The van der Waals surface area contributed by atoms with Crippen molar-refractivity contribution in [2.45, 2.75) is 26.2 Å². The molecule has 0 aliphatic heterocycles. The summed E-state index contributed by atoms with van der Waals surface area (Å²) in [6.45, 7) is 2.76. The quantitative estimate of drug-likeness (QED) is 0.762. The maximum Gasteiger partial charge on any atom is 0.422 e. The molecule has 27 heavy (non-hydrogen) atoms. The summed E-state index contributed by atoms with van der Waals surface area (Å²) in [4.78, 5) is 18.1. The second-order valence-corrected chi connectivity index (χ2v) is 6.12. The zero-order valence-corrected chi connectivity index (χ0v) is 15.2. The molecule has 0 saturated carbocycles. The summed E-state index contributed by atoms with van der Waals surface area (Å²) >= 11 is 0. The highest BCUT2D eigenvalue weighted by molar-refractivity contribution is 5.93. The number of halogens is 3. The number of carbonyl (C=O) groups excluding carboxylic acids is 1. The highest BCUT2D eigenvalue weighted by Crippen LogP contribution is 2.17. The number of hydrogen-bond donors (Lipinski definition) is 1. The lowest BCUT2D eigenvalue weighted by molar-refractivity contribution is -0.154. The van der Waals surface area contributed by atoms with Crippen molar-refractivity contribution in [1.29, 1.82) is 0 Å². The number of carbonyl (C=O) groups is 1.